The number of hydrogen-bond donors (Lipinski definition) is 1. The smallest absolute Gasteiger partial charge is 0.240 e. The highest BCUT2D eigenvalue weighted by atomic mass is 16.5. The first kappa shape index (κ1) is 16.9. The van der Waals surface area contributed by atoms with Gasteiger partial charge in [-0.3, -0.25) is 14.5 Å². The van der Waals surface area contributed by atoms with E-state index in [0.29, 0.717) is 26.3 Å². The van der Waals surface area contributed by atoms with Gasteiger partial charge in [-0.1, -0.05) is 24.6 Å². The number of benzene rings is 1. The fraction of sp³-hybridized carbons (Fsp3) is 0.556. The van der Waals surface area contributed by atoms with E-state index in [0.717, 1.165) is 31.5 Å². The van der Waals surface area contributed by atoms with Crippen LogP contribution in [0.15, 0.2) is 30.3 Å². The van der Waals surface area contributed by atoms with Crippen LogP contribution >= 0.6 is 0 Å². The van der Waals surface area contributed by atoms with Gasteiger partial charge in [0.25, 0.3) is 0 Å². The molecule has 2 aliphatic heterocycles. The number of anilines is 1. The third kappa shape index (κ3) is 4.33. The van der Waals surface area contributed by atoms with Crippen LogP contribution in [0.3, 0.4) is 0 Å². The molecule has 0 bridgehead atoms. The maximum atomic E-state index is 12.8. The zero-order valence-corrected chi connectivity index (χ0v) is 13.9. The van der Waals surface area contributed by atoms with Crippen molar-refractivity contribution in [2.45, 2.75) is 25.3 Å². The van der Waals surface area contributed by atoms with E-state index in [1.807, 2.05) is 40.1 Å². The van der Waals surface area contributed by atoms with Gasteiger partial charge < -0.3 is 15.0 Å². The minimum atomic E-state index is -0.182. The van der Waals surface area contributed by atoms with Gasteiger partial charge in [0, 0.05) is 18.8 Å². The SMILES string of the molecule is O=C(CN1CCCC[C@H]1C(=O)N1CCOCC1)Nc1ccccc1. The lowest BCUT2D eigenvalue weighted by Crippen LogP contribution is -2.54. The van der Waals surface area contributed by atoms with Gasteiger partial charge in [-0.25, -0.2) is 0 Å². The van der Waals surface area contributed by atoms with E-state index in [-0.39, 0.29) is 24.4 Å². The van der Waals surface area contributed by atoms with E-state index >= 15 is 0 Å². The number of rotatable bonds is 4. The Morgan fingerprint density at radius 3 is 2.58 bits per heavy atom. The topological polar surface area (TPSA) is 61.9 Å². The molecule has 6 nitrogen and oxygen atoms in total. The monoisotopic (exact) mass is 331 g/mol. The zero-order chi connectivity index (χ0) is 16.8. The highest BCUT2D eigenvalue weighted by molar-refractivity contribution is 5.93. The molecule has 0 unspecified atom stereocenters. The number of likely N-dealkylation sites (tertiary alicyclic amines) is 1. The average Bonchev–Trinajstić information content (AvgIpc) is 2.63. The van der Waals surface area contributed by atoms with Gasteiger partial charge >= 0.3 is 0 Å². The summed E-state index contributed by atoms with van der Waals surface area (Å²) in [4.78, 5) is 29.0. The molecule has 1 aromatic carbocycles. The van der Waals surface area contributed by atoms with Crippen LogP contribution in [0.25, 0.3) is 0 Å². The molecular weight excluding hydrogens is 306 g/mol. The molecule has 2 aliphatic rings. The van der Waals surface area contributed by atoms with Crippen molar-refractivity contribution < 1.29 is 14.3 Å². The highest BCUT2D eigenvalue weighted by Crippen LogP contribution is 2.19. The number of hydrogen-bond acceptors (Lipinski definition) is 4. The second kappa shape index (κ2) is 8.26. The van der Waals surface area contributed by atoms with E-state index in [1.54, 1.807) is 0 Å². The summed E-state index contributed by atoms with van der Waals surface area (Å²) >= 11 is 0. The maximum absolute atomic E-state index is 12.8. The van der Waals surface area contributed by atoms with Gasteiger partial charge in [0.05, 0.1) is 25.8 Å². The van der Waals surface area contributed by atoms with Crippen LogP contribution in [-0.4, -0.2) is 67.0 Å². The first-order chi connectivity index (χ1) is 11.7. The van der Waals surface area contributed by atoms with Crippen LogP contribution in [0.4, 0.5) is 5.69 Å². The lowest BCUT2D eigenvalue weighted by molar-refractivity contribution is -0.142. The number of ether oxygens (including phenoxy) is 1. The predicted molar refractivity (Wildman–Crippen MR) is 91.7 cm³/mol. The van der Waals surface area contributed by atoms with E-state index in [1.165, 1.54) is 0 Å². The van der Waals surface area contributed by atoms with Crippen molar-refractivity contribution in [1.82, 2.24) is 9.80 Å². The number of piperidine rings is 1. The molecule has 2 fully saturated rings. The summed E-state index contributed by atoms with van der Waals surface area (Å²) in [7, 11) is 0. The Morgan fingerprint density at radius 1 is 1.08 bits per heavy atom. The lowest BCUT2D eigenvalue weighted by Gasteiger charge is -2.38. The first-order valence-corrected chi connectivity index (χ1v) is 8.69. The molecule has 0 aromatic heterocycles. The number of morpholine rings is 1. The van der Waals surface area contributed by atoms with Gasteiger partial charge in [0.2, 0.25) is 11.8 Å². The predicted octanol–water partition coefficient (Wildman–Crippen LogP) is 1.34. The number of nitrogens with one attached hydrogen (secondary N) is 1. The summed E-state index contributed by atoms with van der Waals surface area (Å²) in [5, 5.41) is 2.90. The van der Waals surface area contributed by atoms with E-state index in [4.69, 9.17) is 4.74 Å². The molecule has 0 radical (unpaired) electrons. The van der Waals surface area contributed by atoms with Crippen LogP contribution < -0.4 is 5.32 Å². The van der Waals surface area contributed by atoms with Crippen molar-refractivity contribution in [1.29, 1.82) is 0 Å². The molecular formula is C18H25N3O3. The minimum Gasteiger partial charge on any atom is -0.378 e. The van der Waals surface area contributed by atoms with Gasteiger partial charge in [-0.05, 0) is 31.5 Å². The zero-order valence-electron chi connectivity index (χ0n) is 13.9. The molecule has 6 heteroatoms. The molecule has 2 amide bonds. The largest absolute Gasteiger partial charge is 0.378 e. The fourth-order valence-electron chi connectivity index (χ4n) is 3.36. The van der Waals surface area contributed by atoms with E-state index < -0.39 is 0 Å². The van der Waals surface area contributed by atoms with Gasteiger partial charge in [0.15, 0.2) is 0 Å². The molecule has 1 N–H and O–H groups in total. The molecule has 3 rings (SSSR count). The Balaban J connectivity index is 1.59. The Labute approximate surface area is 142 Å². The van der Waals surface area contributed by atoms with Crippen molar-refractivity contribution in [3.63, 3.8) is 0 Å². The summed E-state index contributed by atoms with van der Waals surface area (Å²) in [6.45, 7) is 3.57. The number of para-hydroxylation sites is 1. The van der Waals surface area contributed by atoms with Crippen LogP contribution in [0, 0.1) is 0 Å². The van der Waals surface area contributed by atoms with Crippen molar-refractivity contribution in [3.05, 3.63) is 30.3 Å². The van der Waals surface area contributed by atoms with Crippen LogP contribution in [0.5, 0.6) is 0 Å². The fourth-order valence-corrected chi connectivity index (χ4v) is 3.36. The summed E-state index contributed by atoms with van der Waals surface area (Å²) in [5.74, 6) is 0.0772. The molecule has 0 spiro atoms. The molecule has 24 heavy (non-hydrogen) atoms. The minimum absolute atomic E-state index is 0.0668. The molecule has 2 saturated heterocycles. The van der Waals surface area contributed by atoms with Crippen LogP contribution in [0.1, 0.15) is 19.3 Å². The molecule has 1 aromatic rings. The maximum Gasteiger partial charge on any atom is 0.240 e. The second-order valence-electron chi connectivity index (χ2n) is 6.33. The number of carbonyl (C=O) groups excluding carboxylic acids is 2. The average molecular weight is 331 g/mol. The van der Waals surface area contributed by atoms with Crippen LogP contribution in [0.2, 0.25) is 0 Å². The summed E-state index contributed by atoms with van der Waals surface area (Å²) in [5.41, 5.74) is 0.788. The second-order valence-corrected chi connectivity index (χ2v) is 6.33. The first-order valence-electron chi connectivity index (χ1n) is 8.69. The van der Waals surface area contributed by atoms with Gasteiger partial charge in [0.1, 0.15) is 0 Å². The van der Waals surface area contributed by atoms with Crippen molar-refractivity contribution in [3.8, 4) is 0 Å². The Hall–Kier alpha value is -1.92. The number of nitrogens with zero attached hydrogens (tertiary/aromatic N) is 2. The Morgan fingerprint density at radius 2 is 1.83 bits per heavy atom. The molecule has 0 saturated carbocycles. The van der Waals surface area contributed by atoms with Crippen molar-refractivity contribution in [2.75, 3.05) is 44.7 Å². The van der Waals surface area contributed by atoms with Crippen molar-refractivity contribution in [2.24, 2.45) is 0 Å². The number of carbonyl (C=O) groups is 2. The lowest BCUT2D eigenvalue weighted by atomic mass is 10.0. The highest BCUT2D eigenvalue weighted by Gasteiger charge is 2.33. The molecule has 130 valence electrons. The van der Waals surface area contributed by atoms with Crippen molar-refractivity contribution >= 4 is 17.5 Å². The molecule has 0 aliphatic carbocycles. The van der Waals surface area contributed by atoms with Crippen LogP contribution in [-0.2, 0) is 14.3 Å². The van der Waals surface area contributed by atoms with Gasteiger partial charge in [-0.15, -0.1) is 0 Å². The standard InChI is InChI=1S/C18H25N3O3/c22-17(19-15-6-2-1-3-7-15)14-21-9-5-4-8-16(21)18(23)20-10-12-24-13-11-20/h1-3,6-7,16H,4-5,8-14H2,(H,19,22)/t16-/m0/s1. The third-order valence-corrected chi connectivity index (χ3v) is 4.63. The molecule has 2 heterocycles. The van der Waals surface area contributed by atoms with E-state index in [2.05, 4.69) is 5.32 Å². The summed E-state index contributed by atoms with van der Waals surface area (Å²) < 4.78 is 5.32. The van der Waals surface area contributed by atoms with Gasteiger partial charge in [-0.2, -0.15) is 0 Å². The normalized spacial score (nSPS) is 22.2. The quantitative estimate of drug-likeness (QED) is 0.904. The Kier molecular flexibility index (Phi) is 5.82. The Bertz CT molecular complexity index is 558. The van der Waals surface area contributed by atoms with E-state index in [9.17, 15) is 9.59 Å². The summed E-state index contributed by atoms with van der Waals surface area (Å²) in [6, 6.07) is 9.24. The number of amides is 2. The third-order valence-electron chi connectivity index (χ3n) is 4.63. The summed E-state index contributed by atoms with van der Waals surface area (Å²) in [6.07, 6.45) is 2.90. The molecule has 1 atom stereocenters.